The normalized spacial score (nSPS) is 11.7. The van der Waals surface area contributed by atoms with Crippen molar-refractivity contribution >= 4 is 27.7 Å². The van der Waals surface area contributed by atoms with Gasteiger partial charge in [-0.3, -0.25) is 14.7 Å². The van der Waals surface area contributed by atoms with Crippen molar-refractivity contribution in [3.05, 3.63) is 98.3 Å². The maximum atomic E-state index is 11.7. The molecule has 0 aliphatic carbocycles. The molecule has 0 N–H and O–H groups in total. The van der Waals surface area contributed by atoms with Crippen LogP contribution in [0.3, 0.4) is 0 Å². The molecule has 204 valence electrons. The van der Waals surface area contributed by atoms with Crippen LogP contribution in [0.4, 0.5) is 0 Å². The lowest BCUT2D eigenvalue weighted by molar-refractivity contribution is -0.479. The fraction of sp³-hybridized carbons (Fsp3) is 0.286. The number of nitro groups is 1. The van der Waals surface area contributed by atoms with Crippen molar-refractivity contribution in [2.24, 2.45) is 0 Å². The minimum Gasteiger partial charge on any atom is -0.494 e. The van der Waals surface area contributed by atoms with Gasteiger partial charge >= 0.3 is 0 Å². The van der Waals surface area contributed by atoms with E-state index in [9.17, 15) is 10.1 Å². The van der Waals surface area contributed by atoms with Crippen LogP contribution >= 0.6 is 27.7 Å². The topological polar surface area (TPSA) is 102 Å². The van der Waals surface area contributed by atoms with E-state index in [1.54, 1.807) is 6.07 Å². The molecular weight excluding hydrogens is 584 g/mol. The molecule has 0 spiro atoms. The van der Waals surface area contributed by atoms with Crippen LogP contribution in [0.15, 0.2) is 76.4 Å². The Morgan fingerprint density at radius 1 is 1.00 bits per heavy atom. The average molecular weight is 614 g/mol. The maximum absolute atomic E-state index is 11.7. The van der Waals surface area contributed by atoms with Gasteiger partial charge in [-0.15, -0.1) is 10.2 Å². The second-order valence-corrected chi connectivity index (χ2v) is 10.5. The molecule has 0 saturated heterocycles. The number of aryl methyl sites for hydroxylation is 1. The number of nitrogens with zero attached hydrogens (tertiary/aromatic N) is 4. The van der Waals surface area contributed by atoms with Crippen molar-refractivity contribution in [3.8, 4) is 22.9 Å². The van der Waals surface area contributed by atoms with Crippen LogP contribution in [0, 0.1) is 17.0 Å². The lowest BCUT2D eigenvalue weighted by atomic mass is 10.1. The van der Waals surface area contributed by atoms with Crippen molar-refractivity contribution in [2.45, 2.75) is 37.8 Å². The number of halogens is 1. The highest BCUT2D eigenvalue weighted by atomic mass is 79.9. The first kappa shape index (κ1) is 28.4. The first-order valence-corrected chi connectivity index (χ1v) is 14.1. The van der Waals surface area contributed by atoms with Gasteiger partial charge in [0.25, 0.3) is 0 Å². The highest BCUT2D eigenvalue weighted by Crippen LogP contribution is 2.43. The Kier molecular flexibility index (Phi) is 9.83. The number of thioether (sulfide) groups is 1. The molecule has 4 rings (SSSR count). The summed E-state index contributed by atoms with van der Waals surface area (Å²) < 4.78 is 20.1. The summed E-state index contributed by atoms with van der Waals surface area (Å²) in [7, 11) is 0. The van der Waals surface area contributed by atoms with Gasteiger partial charge in [-0.2, -0.15) is 0 Å². The fourth-order valence-electron chi connectivity index (χ4n) is 3.95. The molecule has 0 unspecified atom stereocenters. The van der Waals surface area contributed by atoms with Gasteiger partial charge in [0.1, 0.15) is 23.4 Å². The van der Waals surface area contributed by atoms with Gasteiger partial charge in [0, 0.05) is 10.6 Å². The zero-order chi connectivity index (χ0) is 27.8. The second kappa shape index (κ2) is 13.5. The third kappa shape index (κ3) is 7.30. The van der Waals surface area contributed by atoms with E-state index in [1.807, 2.05) is 86.0 Å². The monoisotopic (exact) mass is 612 g/mol. The molecule has 0 bridgehead atoms. The minimum atomic E-state index is -0.566. The SMILES string of the molecule is CCOc1ccc(-n2c(C)nnc2S[C@H](C[N+](=O)[O-])c2cc(Br)c(OCc3ccccc3)c(OCC)c2)cc1. The van der Waals surface area contributed by atoms with Crippen molar-refractivity contribution in [1.29, 1.82) is 0 Å². The molecular formula is C28H29BrN4O5S. The molecule has 39 heavy (non-hydrogen) atoms. The molecule has 4 aromatic rings. The average Bonchev–Trinajstić information content (AvgIpc) is 3.28. The van der Waals surface area contributed by atoms with Crippen molar-refractivity contribution in [1.82, 2.24) is 14.8 Å². The molecule has 0 amide bonds. The largest absolute Gasteiger partial charge is 0.494 e. The third-order valence-corrected chi connectivity index (χ3v) is 7.46. The van der Waals surface area contributed by atoms with E-state index in [4.69, 9.17) is 14.2 Å². The number of ether oxygens (including phenoxy) is 3. The number of aromatic nitrogens is 3. The van der Waals surface area contributed by atoms with Crippen LogP contribution in [0.2, 0.25) is 0 Å². The molecule has 1 aromatic heterocycles. The van der Waals surface area contributed by atoms with Crippen molar-refractivity contribution in [2.75, 3.05) is 19.8 Å². The number of hydrogen-bond donors (Lipinski definition) is 0. The standard InChI is InChI=1S/C28H29BrN4O5S/c1-4-36-23-13-11-22(12-14-23)33-19(3)30-31-28(33)39-26(17-32(34)35)21-15-24(29)27(25(16-21)37-5-2)38-18-20-9-7-6-8-10-20/h6-16,26H,4-5,17-18H2,1-3H3/t26-/m1/s1. The smallest absolute Gasteiger partial charge is 0.220 e. The van der Waals surface area contributed by atoms with E-state index >= 15 is 0 Å². The Balaban J connectivity index is 1.65. The van der Waals surface area contributed by atoms with E-state index in [0.717, 1.165) is 17.0 Å². The van der Waals surface area contributed by atoms with Gasteiger partial charge in [-0.1, -0.05) is 42.1 Å². The van der Waals surface area contributed by atoms with Crippen LogP contribution < -0.4 is 14.2 Å². The van der Waals surface area contributed by atoms with Gasteiger partial charge < -0.3 is 14.2 Å². The van der Waals surface area contributed by atoms with Gasteiger partial charge in [0.2, 0.25) is 6.54 Å². The van der Waals surface area contributed by atoms with Crippen molar-refractivity contribution < 1.29 is 19.1 Å². The molecule has 0 aliphatic heterocycles. The number of hydrogen-bond acceptors (Lipinski definition) is 8. The van der Waals surface area contributed by atoms with Gasteiger partial charge in [-0.25, -0.2) is 0 Å². The summed E-state index contributed by atoms with van der Waals surface area (Å²) in [5.41, 5.74) is 2.56. The molecule has 1 heterocycles. The summed E-state index contributed by atoms with van der Waals surface area (Å²) in [6, 6.07) is 21.0. The quantitative estimate of drug-likeness (QED) is 0.0920. The first-order valence-electron chi connectivity index (χ1n) is 12.5. The second-order valence-electron chi connectivity index (χ2n) is 8.45. The third-order valence-electron chi connectivity index (χ3n) is 5.69. The van der Waals surface area contributed by atoms with Gasteiger partial charge in [0.15, 0.2) is 16.7 Å². The lowest BCUT2D eigenvalue weighted by Gasteiger charge is -2.19. The van der Waals surface area contributed by atoms with E-state index in [0.29, 0.717) is 52.3 Å². The Morgan fingerprint density at radius 2 is 1.72 bits per heavy atom. The first-order chi connectivity index (χ1) is 18.9. The highest BCUT2D eigenvalue weighted by molar-refractivity contribution is 9.10. The lowest BCUT2D eigenvalue weighted by Crippen LogP contribution is -2.12. The molecule has 0 aliphatic rings. The van der Waals surface area contributed by atoms with Crippen LogP contribution in [0.25, 0.3) is 5.69 Å². The Bertz CT molecular complexity index is 1400. The molecule has 3 aromatic carbocycles. The predicted octanol–water partition coefficient (Wildman–Crippen LogP) is 6.82. The zero-order valence-electron chi connectivity index (χ0n) is 21.9. The molecule has 0 radical (unpaired) electrons. The van der Waals surface area contributed by atoms with Crippen molar-refractivity contribution in [3.63, 3.8) is 0 Å². The Hall–Kier alpha value is -3.57. The van der Waals surface area contributed by atoms with E-state index in [-0.39, 0.29) is 11.5 Å². The van der Waals surface area contributed by atoms with E-state index < -0.39 is 5.25 Å². The fourth-order valence-corrected chi connectivity index (χ4v) is 5.68. The van der Waals surface area contributed by atoms with Gasteiger partial charge in [0.05, 0.1) is 17.7 Å². The van der Waals surface area contributed by atoms with E-state index in [2.05, 4.69) is 26.1 Å². The zero-order valence-corrected chi connectivity index (χ0v) is 24.3. The summed E-state index contributed by atoms with van der Waals surface area (Å²) in [5.74, 6) is 2.48. The summed E-state index contributed by atoms with van der Waals surface area (Å²) in [5, 5.41) is 20.3. The van der Waals surface area contributed by atoms with E-state index in [1.165, 1.54) is 11.8 Å². The Labute approximate surface area is 239 Å². The molecule has 9 nitrogen and oxygen atoms in total. The van der Waals surface area contributed by atoms with Crippen LogP contribution in [-0.2, 0) is 6.61 Å². The highest BCUT2D eigenvalue weighted by Gasteiger charge is 2.26. The summed E-state index contributed by atoms with van der Waals surface area (Å²) in [6.07, 6.45) is 0. The summed E-state index contributed by atoms with van der Waals surface area (Å²) in [4.78, 5) is 11.4. The molecule has 11 heteroatoms. The van der Waals surface area contributed by atoms with Crippen LogP contribution in [-0.4, -0.2) is 39.4 Å². The minimum absolute atomic E-state index is 0.317. The van der Waals surface area contributed by atoms with Crippen LogP contribution in [0.5, 0.6) is 17.2 Å². The van der Waals surface area contributed by atoms with Crippen LogP contribution in [0.1, 0.15) is 36.0 Å². The summed E-state index contributed by atoms with van der Waals surface area (Å²) in [6.45, 7) is 6.68. The molecule has 0 fully saturated rings. The maximum Gasteiger partial charge on any atom is 0.220 e. The van der Waals surface area contributed by atoms with Gasteiger partial charge in [-0.05, 0) is 84.2 Å². The Morgan fingerprint density at radius 3 is 2.38 bits per heavy atom. The number of benzene rings is 3. The molecule has 0 saturated carbocycles. The number of rotatable bonds is 13. The predicted molar refractivity (Wildman–Crippen MR) is 154 cm³/mol. The summed E-state index contributed by atoms with van der Waals surface area (Å²) >= 11 is 4.88. The molecule has 1 atom stereocenters.